The number of ether oxygens (including phenoxy) is 1. The summed E-state index contributed by atoms with van der Waals surface area (Å²) in [5.41, 5.74) is 3.27. The molecule has 2 heterocycles. The minimum absolute atomic E-state index is 0.0112. The van der Waals surface area contributed by atoms with Crippen LogP contribution < -0.4 is 5.32 Å². The van der Waals surface area contributed by atoms with Gasteiger partial charge in [-0.15, -0.1) is 10.2 Å². The monoisotopic (exact) mass is 484 g/mol. The van der Waals surface area contributed by atoms with Gasteiger partial charge >= 0.3 is 0 Å². The zero-order valence-corrected chi connectivity index (χ0v) is 20.6. The van der Waals surface area contributed by atoms with Crippen LogP contribution >= 0.6 is 23.4 Å². The second-order valence-electron chi connectivity index (χ2n) is 8.33. The van der Waals surface area contributed by atoms with E-state index >= 15 is 0 Å². The van der Waals surface area contributed by atoms with E-state index in [1.807, 2.05) is 24.3 Å². The number of hydrogen-bond acceptors (Lipinski definition) is 5. The first-order chi connectivity index (χ1) is 16.0. The first kappa shape index (κ1) is 23.8. The highest BCUT2D eigenvalue weighted by Crippen LogP contribution is 2.35. The number of carbonyl (C=O) groups is 1. The van der Waals surface area contributed by atoms with Crippen molar-refractivity contribution >= 4 is 29.3 Å². The maximum Gasteiger partial charge on any atom is 0.230 e. The predicted molar refractivity (Wildman–Crippen MR) is 133 cm³/mol. The molecule has 3 aromatic rings. The van der Waals surface area contributed by atoms with Gasteiger partial charge in [-0.3, -0.25) is 4.79 Å². The van der Waals surface area contributed by atoms with Gasteiger partial charge in [-0.25, -0.2) is 0 Å². The number of aryl methyl sites for hydroxylation is 1. The van der Waals surface area contributed by atoms with Gasteiger partial charge in [0.15, 0.2) is 11.0 Å². The largest absolute Gasteiger partial charge is 0.381 e. The van der Waals surface area contributed by atoms with Gasteiger partial charge in [0, 0.05) is 42.3 Å². The van der Waals surface area contributed by atoms with Crippen LogP contribution in [0.4, 0.5) is 0 Å². The molecular weight excluding hydrogens is 456 g/mol. The summed E-state index contributed by atoms with van der Waals surface area (Å²) < 4.78 is 7.66. The van der Waals surface area contributed by atoms with Crippen molar-refractivity contribution in [1.82, 2.24) is 20.1 Å². The molecule has 1 N–H and O–H groups in total. The predicted octanol–water partition coefficient (Wildman–Crippen LogP) is 4.88. The molecule has 0 atom stereocenters. The Hall–Kier alpha value is -2.35. The summed E-state index contributed by atoms with van der Waals surface area (Å²) in [5, 5.41) is 13.4. The molecule has 33 heavy (non-hydrogen) atoms. The van der Waals surface area contributed by atoms with Crippen molar-refractivity contribution < 1.29 is 9.53 Å². The fourth-order valence-electron chi connectivity index (χ4n) is 4.29. The van der Waals surface area contributed by atoms with Gasteiger partial charge in [-0.1, -0.05) is 59.8 Å². The Morgan fingerprint density at radius 1 is 1.15 bits per heavy atom. The van der Waals surface area contributed by atoms with E-state index < -0.39 is 0 Å². The Morgan fingerprint density at radius 3 is 2.58 bits per heavy atom. The number of thioether (sulfide) groups is 1. The van der Waals surface area contributed by atoms with Crippen molar-refractivity contribution in [2.24, 2.45) is 0 Å². The fraction of sp³-hybridized carbons (Fsp3) is 0.400. The fourth-order valence-corrected chi connectivity index (χ4v) is 5.24. The van der Waals surface area contributed by atoms with Crippen LogP contribution in [0.2, 0.25) is 5.02 Å². The molecule has 1 amide bonds. The minimum Gasteiger partial charge on any atom is -0.381 e. The van der Waals surface area contributed by atoms with E-state index in [9.17, 15) is 4.79 Å². The van der Waals surface area contributed by atoms with Gasteiger partial charge in [0.25, 0.3) is 0 Å². The summed E-state index contributed by atoms with van der Waals surface area (Å²) in [6, 6.07) is 16.1. The quantitative estimate of drug-likeness (QED) is 0.461. The molecule has 0 saturated carbocycles. The van der Waals surface area contributed by atoms with Crippen LogP contribution in [0.5, 0.6) is 0 Å². The first-order valence-electron chi connectivity index (χ1n) is 11.2. The molecule has 0 aliphatic carbocycles. The molecule has 6 nitrogen and oxygen atoms in total. The Balaban J connectivity index is 1.41. The van der Waals surface area contributed by atoms with Crippen molar-refractivity contribution in [2.75, 3.05) is 25.5 Å². The van der Waals surface area contributed by atoms with Crippen molar-refractivity contribution in [3.8, 4) is 11.4 Å². The van der Waals surface area contributed by atoms with Gasteiger partial charge in [-0.05, 0) is 49.9 Å². The Labute approximate surface area is 204 Å². The van der Waals surface area contributed by atoms with E-state index in [4.69, 9.17) is 16.3 Å². The normalized spacial score (nSPS) is 15.4. The minimum atomic E-state index is -0.134. The van der Waals surface area contributed by atoms with E-state index in [0.29, 0.717) is 30.5 Å². The average Bonchev–Trinajstić information content (AvgIpc) is 3.25. The van der Waals surface area contributed by atoms with Crippen LogP contribution in [0, 0.1) is 6.92 Å². The Bertz CT molecular complexity index is 1090. The molecule has 1 aromatic heterocycles. The molecule has 1 aliphatic heterocycles. The third-order valence-corrected chi connectivity index (χ3v) is 7.50. The molecule has 0 bridgehead atoms. The van der Waals surface area contributed by atoms with Crippen LogP contribution in [0.1, 0.15) is 30.9 Å². The molecule has 174 valence electrons. The maximum atomic E-state index is 12.8. The topological polar surface area (TPSA) is 69.0 Å². The van der Waals surface area contributed by atoms with Gasteiger partial charge in [-0.2, -0.15) is 0 Å². The lowest BCUT2D eigenvalue weighted by Crippen LogP contribution is -2.45. The summed E-state index contributed by atoms with van der Waals surface area (Å²) in [4.78, 5) is 12.8. The summed E-state index contributed by atoms with van der Waals surface area (Å²) >= 11 is 7.51. The zero-order chi connectivity index (χ0) is 23.3. The van der Waals surface area contributed by atoms with Crippen molar-refractivity contribution in [1.29, 1.82) is 0 Å². The molecule has 0 radical (unpaired) electrons. The van der Waals surface area contributed by atoms with Gasteiger partial charge in [0.1, 0.15) is 0 Å². The van der Waals surface area contributed by atoms with E-state index in [1.54, 1.807) is 0 Å². The molecule has 0 spiro atoms. The Morgan fingerprint density at radius 2 is 1.88 bits per heavy atom. The maximum absolute atomic E-state index is 12.8. The molecule has 4 rings (SSSR count). The third-order valence-electron chi connectivity index (χ3n) is 6.28. The molecule has 0 unspecified atom stereocenters. The lowest BCUT2D eigenvalue weighted by Gasteiger charge is -2.38. The number of nitrogens with zero attached hydrogens (tertiary/aromatic N) is 3. The highest BCUT2D eigenvalue weighted by molar-refractivity contribution is 7.99. The molecule has 1 aliphatic rings. The molecule has 1 fully saturated rings. The van der Waals surface area contributed by atoms with Crippen LogP contribution in [0.25, 0.3) is 11.4 Å². The van der Waals surface area contributed by atoms with Crippen LogP contribution in [0.3, 0.4) is 0 Å². The van der Waals surface area contributed by atoms with E-state index in [2.05, 4.69) is 58.2 Å². The summed E-state index contributed by atoms with van der Waals surface area (Å²) in [6.45, 7) is 6.82. The first-order valence-corrected chi connectivity index (χ1v) is 12.6. The van der Waals surface area contributed by atoms with Gasteiger partial charge in [0.2, 0.25) is 5.91 Å². The smallest absolute Gasteiger partial charge is 0.230 e. The van der Waals surface area contributed by atoms with Crippen molar-refractivity contribution in [2.45, 2.75) is 43.8 Å². The number of nitrogens with one attached hydrogen (secondary N) is 1. The second-order valence-corrected chi connectivity index (χ2v) is 9.71. The standard InChI is InChI=1S/C25H29ClN4O2S/c1-3-30-23(21-7-5-4-6-18(21)2)28-29-24(30)33-16-22(31)27-17-25(12-14-32-15-13-25)19-8-10-20(26)11-9-19/h4-11H,3,12-17H2,1-2H3,(H,27,31). The molecular formula is C25H29ClN4O2S. The van der Waals surface area contributed by atoms with Crippen LogP contribution in [-0.2, 0) is 21.5 Å². The zero-order valence-electron chi connectivity index (χ0n) is 19.0. The third kappa shape index (κ3) is 5.42. The molecule has 8 heteroatoms. The van der Waals surface area contributed by atoms with E-state index in [1.165, 1.54) is 17.3 Å². The van der Waals surface area contributed by atoms with Gasteiger partial charge < -0.3 is 14.6 Å². The van der Waals surface area contributed by atoms with Crippen LogP contribution in [0.15, 0.2) is 53.7 Å². The highest BCUT2D eigenvalue weighted by Gasteiger charge is 2.34. The van der Waals surface area contributed by atoms with E-state index in [0.717, 1.165) is 41.5 Å². The van der Waals surface area contributed by atoms with Crippen molar-refractivity contribution in [3.05, 3.63) is 64.7 Å². The number of carbonyl (C=O) groups excluding carboxylic acids is 1. The average molecular weight is 485 g/mol. The lowest BCUT2D eigenvalue weighted by atomic mass is 9.74. The van der Waals surface area contributed by atoms with Crippen molar-refractivity contribution in [3.63, 3.8) is 0 Å². The second kappa shape index (κ2) is 10.7. The van der Waals surface area contributed by atoms with E-state index in [-0.39, 0.29) is 11.3 Å². The summed E-state index contributed by atoms with van der Waals surface area (Å²) in [7, 11) is 0. The number of amides is 1. The number of halogens is 1. The SMILES string of the molecule is CCn1c(SCC(=O)NCC2(c3ccc(Cl)cc3)CCOCC2)nnc1-c1ccccc1C. The summed E-state index contributed by atoms with van der Waals surface area (Å²) in [6.07, 6.45) is 1.73. The Kier molecular flexibility index (Phi) is 7.73. The lowest BCUT2D eigenvalue weighted by molar-refractivity contribution is -0.119. The highest BCUT2D eigenvalue weighted by atomic mass is 35.5. The summed E-state index contributed by atoms with van der Waals surface area (Å²) in [5.74, 6) is 1.12. The molecule has 1 saturated heterocycles. The number of hydrogen-bond donors (Lipinski definition) is 1. The molecule has 2 aromatic carbocycles. The van der Waals surface area contributed by atoms with Gasteiger partial charge in [0.05, 0.1) is 5.75 Å². The number of aromatic nitrogens is 3. The van der Waals surface area contributed by atoms with Crippen LogP contribution in [-0.4, -0.2) is 46.2 Å². The number of benzene rings is 2. The number of rotatable bonds is 8.